The molecule has 0 unspecified atom stereocenters. The Morgan fingerprint density at radius 2 is 1.87 bits per heavy atom. The van der Waals surface area contributed by atoms with Crippen molar-refractivity contribution in [3.05, 3.63) is 59.5 Å². The molecule has 5 heteroatoms. The molecule has 0 fully saturated rings. The highest BCUT2D eigenvalue weighted by Gasteiger charge is 2.13. The maximum atomic E-state index is 12.3. The van der Waals surface area contributed by atoms with Crippen molar-refractivity contribution in [2.45, 2.75) is 26.8 Å². The Labute approximate surface area is 136 Å². The van der Waals surface area contributed by atoms with Crippen LogP contribution in [0.25, 0.3) is 0 Å². The Balaban J connectivity index is 1.85. The molecule has 0 spiro atoms. The van der Waals surface area contributed by atoms with Crippen LogP contribution in [0.3, 0.4) is 0 Å². The quantitative estimate of drug-likeness (QED) is 0.825. The molecule has 0 bridgehead atoms. The number of rotatable bonds is 7. The van der Waals surface area contributed by atoms with E-state index in [1.165, 1.54) is 0 Å². The first kappa shape index (κ1) is 16.8. The first-order valence-electron chi connectivity index (χ1n) is 7.71. The largest absolute Gasteiger partial charge is 0.467 e. The van der Waals surface area contributed by atoms with Gasteiger partial charge in [0.1, 0.15) is 5.76 Å². The minimum Gasteiger partial charge on any atom is -0.467 e. The van der Waals surface area contributed by atoms with Crippen LogP contribution in [0.15, 0.2) is 47.1 Å². The Morgan fingerprint density at radius 3 is 2.57 bits per heavy atom. The fourth-order valence-corrected chi connectivity index (χ4v) is 2.28. The highest BCUT2D eigenvalue weighted by Crippen LogP contribution is 2.13. The highest BCUT2D eigenvalue weighted by molar-refractivity contribution is 5.97. The lowest BCUT2D eigenvalue weighted by Gasteiger charge is -2.11. The molecule has 1 aromatic carbocycles. The number of benzene rings is 1. The normalized spacial score (nSPS) is 10.6. The molecule has 0 aliphatic rings. The molecule has 0 saturated heterocycles. The van der Waals surface area contributed by atoms with Gasteiger partial charge < -0.3 is 15.1 Å². The Bertz CT molecular complexity index is 648. The van der Waals surface area contributed by atoms with Crippen molar-refractivity contribution in [3.8, 4) is 0 Å². The molecule has 1 aromatic heterocycles. The van der Waals surface area contributed by atoms with Gasteiger partial charge in [-0.3, -0.25) is 9.59 Å². The maximum Gasteiger partial charge on any atom is 0.251 e. The molecular formula is C18H22N2O3. The maximum absolute atomic E-state index is 12.3. The molecule has 23 heavy (non-hydrogen) atoms. The third-order valence-electron chi connectivity index (χ3n) is 3.34. The number of carbonyl (C=O) groups excluding carboxylic acids is 2. The molecule has 0 aliphatic heterocycles. The lowest BCUT2D eigenvalue weighted by Crippen LogP contribution is -2.36. The van der Waals surface area contributed by atoms with Crippen LogP contribution in [0.4, 0.5) is 0 Å². The van der Waals surface area contributed by atoms with Gasteiger partial charge in [-0.1, -0.05) is 32.0 Å². The predicted molar refractivity (Wildman–Crippen MR) is 87.9 cm³/mol. The van der Waals surface area contributed by atoms with Gasteiger partial charge >= 0.3 is 0 Å². The molecule has 5 nitrogen and oxygen atoms in total. The van der Waals surface area contributed by atoms with Gasteiger partial charge in [0.05, 0.1) is 19.4 Å². The Kier molecular flexibility index (Phi) is 5.97. The SMILES string of the molecule is CC(C)Cc1ccccc1C(=O)NCC(=O)NCc1ccco1. The van der Waals surface area contributed by atoms with Crippen LogP contribution in [-0.2, 0) is 17.8 Å². The van der Waals surface area contributed by atoms with E-state index in [0.717, 1.165) is 12.0 Å². The van der Waals surface area contributed by atoms with Gasteiger partial charge in [-0.05, 0) is 36.1 Å². The van der Waals surface area contributed by atoms with Crippen molar-refractivity contribution < 1.29 is 14.0 Å². The molecule has 2 aromatic rings. The third-order valence-corrected chi connectivity index (χ3v) is 3.34. The Morgan fingerprint density at radius 1 is 1.09 bits per heavy atom. The molecule has 2 N–H and O–H groups in total. The van der Waals surface area contributed by atoms with Crippen LogP contribution in [0, 0.1) is 5.92 Å². The van der Waals surface area contributed by atoms with Gasteiger partial charge in [-0.2, -0.15) is 0 Å². The van der Waals surface area contributed by atoms with Crippen LogP contribution < -0.4 is 10.6 Å². The average molecular weight is 314 g/mol. The van der Waals surface area contributed by atoms with Crippen molar-refractivity contribution in [2.75, 3.05) is 6.54 Å². The minimum atomic E-state index is -0.254. The van der Waals surface area contributed by atoms with Crippen molar-refractivity contribution in [1.82, 2.24) is 10.6 Å². The summed E-state index contributed by atoms with van der Waals surface area (Å²) in [5.41, 5.74) is 1.62. The zero-order valence-electron chi connectivity index (χ0n) is 13.5. The summed E-state index contributed by atoms with van der Waals surface area (Å²) >= 11 is 0. The summed E-state index contributed by atoms with van der Waals surface area (Å²) in [5, 5.41) is 5.35. The van der Waals surface area contributed by atoms with E-state index in [4.69, 9.17) is 4.42 Å². The van der Waals surface area contributed by atoms with Crippen LogP contribution >= 0.6 is 0 Å². The van der Waals surface area contributed by atoms with Crippen molar-refractivity contribution in [1.29, 1.82) is 0 Å². The average Bonchev–Trinajstić information content (AvgIpc) is 3.04. The van der Waals surface area contributed by atoms with Crippen molar-refractivity contribution >= 4 is 11.8 Å². The third kappa shape index (κ3) is 5.29. The minimum absolute atomic E-state index is 0.0600. The van der Waals surface area contributed by atoms with Crippen LogP contribution in [-0.4, -0.2) is 18.4 Å². The van der Waals surface area contributed by atoms with Crippen LogP contribution in [0.1, 0.15) is 35.5 Å². The van der Waals surface area contributed by atoms with Gasteiger partial charge in [-0.25, -0.2) is 0 Å². The summed E-state index contributed by atoms with van der Waals surface area (Å²) in [6.45, 7) is 4.47. The molecule has 2 rings (SSSR count). The number of furan rings is 1. The van der Waals surface area contributed by atoms with Gasteiger partial charge in [-0.15, -0.1) is 0 Å². The summed E-state index contributed by atoms with van der Waals surface area (Å²) in [6, 6.07) is 11.0. The summed E-state index contributed by atoms with van der Waals surface area (Å²) in [5.74, 6) is 0.651. The van der Waals surface area contributed by atoms with Gasteiger partial charge in [0, 0.05) is 5.56 Å². The first-order valence-corrected chi connectivity index (χ1v) is 7.71. The fourth-order valence-electron chi connectivity index (χ4n) is 2.28. The standard InChI is InChI=1S/C18H22N2O3/c1-13(2)10-14-6-3-4-8-16(14)18(22)20-12-17(21)19-11-15-7-5-9-23-15/h3-9,13H,10-12H2,1-2H3,(H,19,21)(H,20,22). The molecule has 0 atom stereocenters. The van der Waals surface area contributed by atoms with E-state index in [2.05, 4.69) is 24.5 Å². The van der Waals surface area contributed by atoms with E-state index in [-0.39, 0.29) is 18.4 Å². The Hall–Kier alpha value is -2.56. The summed E-state index contributed by atoms with van der Waals surface area (Å²) in [4.78, 5) is 24.0. The predicted octanol–water partition coefficient (Wildman–Crippen LogP) is 2.52. The topological polar surface area (TPSA) is 71.3 Å². The van der Waals surface area contributed by atoms with E-state index in [0.29, 0.717) is 23.8 Å². The smallest absolute Gasteiger partial charge is 0.251 e. The molecule has 0 radical (unpaired) electrons. The monoisotopic (exact) mass is 314 g/mol. The van der Waals surface area contributed by atoms with Crippen molar-refractivity contribution in [2.24, 2.45) is 5.92 Å². The van der Waals surface area contributed by atoms with Crippen LogP contribution in [0.2, 0.25) is 0 Å². The van der Waals surface area contributed by atoms with Gasteiger partial charge in [0.25, 0.3) is 5.91 Å². The second kappa shape index (κ2) is 8.17. The molecule has 1 heterocycles. The lowest BCUT2D eigenvalue weighted by atomic mass is 9.97. The zero-order valence-corrected chi connectivity index (χ0v) is 13.5. The van der Waals surface area contributed by atoms with Crippen molar-refractivity contribution in [3.63, 3.8) is 0 Å². The van der Waals surface area contributed by atoms with E-state index in [9.17, 15) is 9.59 Å². The van der Waals surface area contributed by atoms with Gasteiger partial charge in [0.2, 0.25) is 5.91 Å². The lowest BCUT2D eigenvalue weighted by molar-refractivity contribution is -0.120. The van der Waals surface area contributed by atoms with Gasteiger partial charge in [0.15, 0.2) is 0 Å². The van der Waals surface area contributed by atoms with Crippen LogP contribution in [0.5, 0.6) is 0 Å². The molecule has 122 valence electrons. The first-order chi connectivity index (χ1) is 11.1. The summed E-state index contributed by atoms with van der Waals surface area (Å²) < 4.78 is 5.13. The molecule has 2 amide bonds. The number of nitrogens with one attached hydrogen (secondary N) is 2. The summed E-state index contributed by atoms with van der Waals surface area (Å²) in [7, 11) is 0. The van der Waals surface area contributed by atoms with E-state index >= 15 is 0 Å². The number of amides is 2. The summed E-state index contributed by atoms with van der Waals surface area (Å²) in [6.07, 6.45) is 2.38. The number of carbonyl (C=O) groups is 2. The second-order valence-corrected chi connectivity index (χ2v) is 5.79. The van der Waals surface area contributed by atoms with E-state index < -0.39 is 0 Å². The molecule has 0 aliphatic carbocycles. The highest BCUT2D eigenvalue weighted by atomic mass is 16.3. The molecule has 0 saturated carbocycles. The van der Waals surface area contributed by atoms with E-state index in [1.54, 1.807) is 24.5 Å². The second-order valence-electron chi connectivity index (χ2n) is 5.79. The zero-order chi connectivity index (χ0) is 16.7. The fraction of sp³-hybridized carbons (Fsp3) is 0.333. The number of hydrogen-bond acceptors (Lipinski definition) is 3. The number of hydrogen-bond donors (Lipinski definition) is 2. The molecular weight excluding hydrogens is 292 g/mol. The van der Waals surface area contributed by atoms with E-state index in [1.807, 2.05) is 18.2 Å².